The molecule has 1 aromatic carbocycles. The van der Waals surface area contributed by atoms with Crippen molar-refractivity contribution in [2.45, 2.75) is 18.9 Å². The first kappa shape index (κ1) is 12.2. The molecule has 1 saturated carbocycles. The van der Waals surface area contributed by atoms with Crippen molar-refractivity contribution in [3.8, 4) is 5.75 Å². The average Bonchev–Trinajstić information content (AvgIpc) is 3.14. The van der Waals surface area contributed by atoms with E-state index in [9.17, 15) is 14.7 Å². The highest BCUT2D eigenvalue weighted by Crippen LogP contribution is 2.26. The highest BCUT2D eigenvalue weighted by Gasteiger charge is 2.29. The number of rotatable bonds is 3. The first-order valence-corrected chi connectivity index (χ1v) is 5.59. The summed E-state index contributed by atoms with van der Waals surface area (Å²) >= 11 is 0. The minimum atomic E-state index is -1.24. The Morgan fingerprint density at radius 1 is 1.39 bits per heavy atom. The number of hydrogen-bond acceptors (Lipinski definition) is 3. The smallest absolute Gasteiger partial charge is 0.339 e. The summed E-state index contributed by atoms with van der Waals surface area (Å²) in [7, 11) is 1.70. The van der Waals surface area contributed by atoms with Gasteiger partial charge in [0.15, 0.2) is 0 Å². The van der Waals surface area contributed by atoms with Gasteiger partial charge in [0.1, 0.15) is 11.3 Å². The number of aromatic carboxylic acids is 1. The fourth-order valence-corrected chi connectivity index (χ4v) is 1.62. The van der Waals surface area contributed by atoms with E-state index in [0.717, 1.165) is 12.8 Å². The van der Waals surface area contributed by atoms with E-state index >= 15 is 0 Å². The van der Waals surface area contributed by atoms with E-state index in [4.69, 9.17) is 5.11 Å². The van der Waals surface area contributed by atoms with Gasteiger partial charge in [-0.3, -0.25) is 0 Å². The lowest BCUT2D eigenvalue weighted by Crippen LogP contribution is -2.33. The molecule has 3 N–H and O–H groups in total. The quantitative estimate of drug-likeness (QED) is 0.712. The topological polar surface area (TPSA) is 89.9 Å². The lowest BCUT2D eigenvalue weighted by molar-refractivity contribution is 0.0693. The summed E-state index contributed by atoms with van der Waals surface area (Å²) < 4.78 is 0. The number of hydrogen-bond donors (Lipinski definition) is 3. The number of phenols is 1. The third-order valence-corrected chi connectivity index (χ3v) is 2.89. The highest BCUT2D eigenvalue weighted by atomic mass is 16.4. The molecule has 0 unspecified atom stereocenters. The van der Waals surface area contributed by atoms with Crippen molar-refractivity contribution in [3.63, 3.8) is 0 Å². The Balaban J connectivity index is 2.11. The molecular weight excluding hydrogens is 236 g/mol. The van der Waals surface area contributed by atoms with E-state index in [-0.39, 0.29) is 23.4 Å². The van der Waals surface area contributed by atoms with Crippen molar-refractivity contribution in [2.24, 2.45) is 0 Å². The Bertz CT molecular complexity index is 497. The van der Waals surface area contributed by atoms with Gasteiger partial charge in [-0.15, -0.1) is 0 Å². The number of benzene rings is 1. The van der Waals surface area contributed by atoms with Crippen LogP contribution in [0, 0.1) is 0 Å². The van der Waals surface area contributed by atoms with Crippen LogP contribution in [0.25, 0.3) is 0 Å². The maximum Gasteiger partial charge on any atom is 0.339 e. The molecule has 2 amide bonds. The predicted molar refractivity (Wildman–Crippen MR) is 64.9 cm³/mol. The van der Waals surface area contributed by atoms with Crippen LogP contribution in [0.4, 0.5) is 10.5 Å². The van der Waals surface area contributed by atoms with E-state index in [2.05, 4.69) is 5.32 Å². The third kappa shape index (κ3) is 2.53. The predicted octanol–water partition coefficient (Wildman–Crippen LogP) is 1.72. The van der Waals surface area contributed by atoms with Crippen molar-refractivity contribution < 1.29 is 19.8 Å². The van der Waals surface area contributed by atoms with E-state index in [1.54, 1.807) is 11.9 Å². The van der Waals surface area contributed by atoms with Crippen molar-refractivity contribution in [1.29, 1.82) is 0 Å². The van der Waals surface area contributed by atoms with Gasteiger partial charge < -0.3 is 20.4 Å². The number of nitrogens with zero attached hydrogens (tertiary/aromatic N) is 1. The van der Waals surface area contributed by atoms with E-state index in [0.29, 0.717) is 5.69 Å². The van der Waals surface area contributed by atoms with Crippen LogP contribution in [0.1, 0.15) is 23.2 Å². The minimum absolute atomic E-state index is 0.234. The minimum Gasteiger partial charge on any atom is -0.507 e. The first-order chi connectivity index (χ1) is 8.49. The van der Waals surface area contributed by atoms with Crippen LogP contribution in [0.5, 0.6) is 5.75 Å². The van der Waals surface area contributed by atoms with Crippen LogP contribution in [0.2, 0.25) is 0 Å². The SMILES string of the molecule is CN(C(=O)Nc1ccc(O)c(C(=O)O)c1)C1CC1. The largest absolute Gasteiger partial charge is 0.507 e. The molecule has 1 aromatic rings. The average molecular weight is 250 g/mol. The van der Waals surface area contributed by atoms with Gasteiger partial charge in [0, 0.05) is 18.8 Å². The van der Waals surface area contributed by atoms with E-state index in [1.165, 1.54) is 18.2 Å². The summed E-state index contributed by atoms with van der Waals surface area (Å²) in [6.45, 7) is 0. The molecule has 6 heteroatoms. The second kappa shape index (κ2) is 4.56. The summed E-state index contributed by atoms with van der Waals surface area (Å²) in [4.78, 5) is 24.2. The molecule has 0 heterocycles. The number of aromatic hydroxyl groups is 1. The molecule has 2 rings (SSSR count). The first-order valence-electron chi connectivity index (χ1n) is 5.59. The number of anilines is 1. The van der Waals surface area contributed by atoms with Gasteiger partial charge in [0.2, 0.25) is 0 Å². The van der Waals surface area contributed by atoms with Gasteiger partial charge in [-0.25, -0.2) is 9.59 Å². The van der Waals surface area contributed by atoms with Crippen molar-refractivity contribution in [3.05, 3.63) is 23.8 Å². The number of urea groups is 1. The molecule has 0 spiro atoms. The zero-order valence-electron chi connectivity index (χ0n) is 9.88. The molecule has 1 fully saturated rings. The Morgan fingerprint density at radius 2 is 2.06 bits per heavy atom. The standard InChI is InChI=1S/C12H14N2O4/c1-14(8-3-4-8)12(18)13-7-2-5-10(15)9(6-7)11(16)17/h2,5-6,8,15H,3-4H2,1H3,(H,13,18)(H,16,17). The van der Waals surface area contributed by atoms with E-state index in [1.807, 2.05) is 0 Å². The number of amides is 2. The Kier molecular flexibility index (Phi) is 3.10. The van der Waals surface area contributed by atoms with Crippen LogP contribution >= 0.6 is 0 Å². The number of carbonyl (C=O) groups excluding carboxylic acids is 1. The molecule has 6 nitrogen and oxygen atoms in total. The summed E-state index contributed by atoms with van der Waals surface area (Å²) in [6, 6.07) is 3.94. The lowest BCUT2D eigenvalue weighted by atomic mass is 10.2. The third-order valence-electron chi connectivity index (χ3n) is 2.89. The molecule has 0 aromatic heterocycles. The van der Waals surface area contributed by atoms with E-state index < -0.39 is 5.97 Å². The maximum atomic E-state index is 11.8. The Morgan fingerprint density at radius 3 is 2.61 bits per heavy atom. The molecule has 1 aliphatic carbocycles. The van der Waals surface area contributed by atoms with Gasteiger partial charge in [-0.2, -0.15) is 0 Å². The van der Waals surface area contributed by atoms with Gasteiger partial charge in [0.05, 0.1) is 0 Å². The molecule has 18 heavy (non-hydrogen) atoms. The molecule has 0 bridgehead atoms. The lowest BCUT2D eigenvalue weighted by Gasteiger charge is -2.17. The maximum absolute atomic E-state index is 11.8. The monoisotopic (exact) mass is 250 g/mol. The van der Waals surface area contributed by atoms with Crippen LogP contribution in [0.3, 0.4) is 0 Å². The fraction of sp³-hybridized carbons (Fsp3) is 0.333. The second-order valence-electron chi connectivity index (χ2n) is 4.31. The molecule has 1 aliphatic rings. The summed E-state index contributed by atoms with van der Waals surface area (Å²) in [5.41, 5.74) is 0.115. The van der Waals surface area contributed by atoms with Gasteiger partial charge in [0.25, 0.3) is 0 Å². The molecule has 0 saturated heterocycles. The fourth-order valence-electron chi connectivity index (χ4n) is 1.62. The number of carboxylic acid groups (broad SMARTS) is 1. The van der Waals surface area contributed by atoms with Crippen molar-refractivity contribution in [1.82, 2.24) is 4.90 Å². The Labute approximate surface area is 104 Å². The summed E-state index contributed by atoms with van der Waals surface area (Å²) in [6.07, 6.45) is 2.00. The normalized spacial score (nSPS) is 14.1. The van der Waals surface area contributed by atoms with Crippen LogP contribution in [-0.4, -0.2) is 40.2 Å². The molecule has 0 atom stereocenters. The van der Waals surface area contributed by atoms with Gasteiger partial charge in [-0.1, -0.05) is 0 Å². The summed E-state index contributed by atoms with van der Waals surface area (Å²) in [5.74, 6) is -1.56. The molecule has 0 aliphatic heterocycles. The zero-order chi connectivity index (χ0) is 13.3. The number of carbonyl (C=O) groups is 2. The number of carboxylic acids is 1. The molecule has 0 radical (unpaired) electrons. The van der Waals surface area contributed by atoms with Crippen molar-refractivity contribution >= 4 is 17.7 Å². The molecule has 96 valence electrons. The van der Waals surface area contributed by atoms with Crippen LogP contribution < -0.4 is 5.32 Å². The zero-order valence-corrected chi connectivity index (χ0v) is 9.88. The van der Waals surface area contributed by atoms with Gasteiger partial charge >= 0.3 is 12.0 Å². The highest BCUT2D eigenvalue weighted by molar-refractivity contribution is 5.95. The molecular formula is C12H14N2O4. The van der Waals surface area contributed by atoms with Crippen LogP contribution in [0.15, 0.2) is 18.2 Å². The Hall–Kier alpha value is -2.24. The second-order valence-corrected chi connectivity index (χ2v) is 4.31. The van der Waals surface area contributed by atoms with Gasteiger partial charge in [-0.05, 0) is 31.0 Å². The summed E-state index contributed by atoms with van der Waals surface area (Å²) in [5, 5.41) is 20.8. The number of nitrogens with one attached hydrogen (secondary N) is 1. The van der Waals surface area contributed by atoms with Crippen molar-refractivity contribution in [2.75, 3.05) is 12.4 Å². The van der Waals surface area contributed by atoms with Crippen LogP contribution in [-0.2, 0) is 0 Å².